The van der Waals surface area contributed by atoms with Crippen molar-refractivity contribution in [2.24, 2.45) is 5.92 Å². The molecule has 0 N–H and O–H groups in total. The molecule has 1 aliphatic rings. The van der Waals surface area contributed by atoms with E-state index in [9.17, 15) is 4.79 Å². The highest BCUT2D eigenvalue weighted by Gasteiger charge is 2.27. The first-order valence-electron chi connectivity index (χ1n) is 9.34. The molecule has 4 heteroatoms. The summed E-state index contributed by atoms with van der Waals surface area (Å²) in [5.41, 5.74) is 2.64. The van der Waals surface area contributed by atoms with Gasteiger partial charge in [0, 0.05) is 16.9 Å². The number of carbonyl (C=O) groups excluding carboxylic acids is 1. The Bertz CT molecular complexity index is 724. The topological polar surface area (TPSA) is 20.3 Å². The minimum absolute atomic E-state index is 0. The molecule has 3 rings (SSSR count). The predicted molar refractivity (Wildman–Crippen MR) is 118 cm³/mol. The first-order chi connectivity index (χ1) is 12.7. The smallest absolute Gasteiger partial charge is 0.157 e. The second kappa shape index (κ2) is 10.8. The van der Waals surface area contributed by atoms with Crippen LogP contribution in [0.25, 0.3) is 0 Å². The Morgan fingerprint density at radius 1 is 1.11 bits per heavy atom. The largest absolute Gasteiger partial charge is 0.296 e. The average Bonchev–Trinajstić information content (AvgIpc) is 2.68. The van der Waals surface area contributed by atoms with Crippen molar-refractivity contribution in [3.63, 3.8) is 0 Å². The molecule has 1 atom stereocenters. The van der Waals surface area contributed by atoms with Crippen LogP contribution in [0.5, 0.6) is 0 Å². The molecule has 0 bridgehead atoms. The normalized spacial score (nSPS) is 16.3. The third-order valence-corrected chi connectivity index (χ3v) is 5.86. The van der Waals surface area contributed by atoms with Crippen molar-refractivity contribution < 1.29 is 4.79 Å². The zero-order valence-electron chi connectivity index (χ0n) is 15.5. The van der Waals surface area contributed by atoms with Crippen LogP contribution in [0.1, 0.15) is 36.4 Å². The number of ketones is 1. The van der Waals surface area contributed by atoms with Gasteiger partial charge in [-0.1, -0.05) is 65.0 Å². The molecule has 0 aliphatic carbocycles. The number of nitrogens with zero attached hydrogens (tertiary/aromatic N) is 1. The van der Waals surface area contributed by atoms with Gasteiger partial charge in [0.05, 0.1) is 0 Å². The summed E-state index contributed by atoms with van der Waals surface area (Å²) in [6.45, 7) is 5.74. The van der Waals surface area contributed by atoms with Crippen LogP contribution < -0.4 is 0 Å². The van der Waals surface area contributed by atoms with Gasteiger partial charge in [0.15, 0.2) is 5.78 Å². The van der Waals surface area contributed by atoms with E-state index in [0.29, 0.717) is 6.42 Å². The summed E-state index contributed by atoms with van der Waals surface area (Å²) in [6, 6.07) is 19.3. The van der Waals surface area contributed by atoms with E-state index in [1.165, 1.54) is 30.0 Å². The highest BCUT2D eigenvalue weighted by atomic mass is 79.9. The Balaban J connectivity index is 0.00000261. The van der Waals surface area contributed by atoms with Crippen molar-refractivity contribution >= 4 is 34.1 Å². The minimum atomic E-state index is 0. The van der Waals surface area contributed by atoms with Gasteiger partial charge < -0.3 is 0 Å². The SMILES string of the molecule is C=CC(=O)C[C@@H](c1ccc(Br)cc1)N1CCC(Cc2ccccc2)CC1.Cl. The van der Waals surface area contributed by atoms with Crippen LogP contribution in [0, 0.1) is 5.92 Å². The highest BCUT2D eigenvalue weighted by Crippen LogP contribution is 2.31. The molecule has 27 heavy (non-hydrogen) atoms. The molecule has 0 radical (unpaired) electrons. The number of rotatable bonds is 7. The fourth-order valence-corrected chi connectivity index (χ4v) is 4.10. The molecular weight excluding hydrogens is 422 g/mol. The molecule has 2 aromatic carbocycles. The third-order valence-electron chi connectivity index (χ3n) is 5.33. The maximum absolute atomic E-state index is 12.1. The van der Waals surface area contributed by atoms with E-state index in [1.54, 1.807) is 0 Å². The number of hydrogen-bond donors (Lipinski definition) is 0. The molecule has 0 aromatic heterocycles. The molecule has 1 fully saturated rings. The summed E-state index contributed by atoms with van der Waals surface area (Å²) in [4.78, 5) is 14.5. The summed E-state index contributed by atoms with van der Waals surface area (Å²) >= 11 is 3.50. The predicted octanol–water partition coefficient (Wildman–Crippen LogP) is 6.01. The molecule has 0 unspecified atom stereocenters. The van der Waals surface area contributed by atoms with Crippen LogP contribution in [-0.2, 0) is 11.2 Å². The van der Waals surface area contributed by atoms with Gasteiger partial charge in [-0.3, -0.25) is 9.69 Å². The van der Waals surface area contributed by atoms with Gasteiger partial charge in [-0.25, -0.2) is 0 Å². The monoisotopic (exact) mass is 447 g/mol. The lowest BCUT2D eigenvalue weighted by molar-refractivity contribution is -0.116. The van der Waals surface area contributed by atoms with Crippen molar-refractivity contribution in [2.75, 3.05) is 13.1 Å². The van der Waals surface area contributed by atoms with Gasteiger partial charge in [0.1, 0.15) is 0 Å². The van der Waals surface area contributed by atoms with Gasteiger partial charge >= 0.3 is 0 Å². The molecule has 0 amide bonds. The van der Waals surface area contributed by atoms with Gasteiger partial charge in [-0.05, 0) is 67.6 Å². The zero-order chi connectivity index (χ0) is 18.4. The van der Waals surface area contributed by atoms with Gasteiger partial charge in [-0.2, -0.15) is 0 Å². The standard InChI is InChI=1S/C23H26BrNO.ClH/c1-2-22(26)17-23(20-8-10-21(24)11-9-20)25-14-12-19(13-15-25)16-18-6-4-3-5-7-18;/h2-11,19,23H,1,12-17H2;1H/t23-;/m0./s1. The second-order valence-electron chi connectivity index (χ2n) is 7.11. The van der Waals surface area contributed by atoms with Gasteiger partial charge in [-0.15, -0.1) is 12.4 Å². The van der Waals surface area contributed by atoms with Gasteiger partial charge in [0.2, 0.25) is 0 Å². The summed E-state index contributed by atoms with van der Waals surface area (Å²) in [5.74, 6) is 0.846. The van der Waals surface area contributed by atoms with E-state index in [0.717, 1.165) is 29.9 Å². The van der Waals surface area contributed by atoms with E-state index >= 15 is 0 Å². The number of hydrogen-bond acceptors (Lipinski definition) is 2. The van der Waals surface area contributed by atoms with Crippen LogP contribution in [0.2, 0.25) is 0 Å². The van der Waals surface area contributed by atoms with E-state index in [4.69, 9.17) is 0 Å². The summed E-state index contributed by atoms with van der Waals surface area (Å²) in [7, 11) is 0. The first kappa shape index (κ1) is 21.9. The van der Waals surface area contributed by atoms with E-state index in [2.05, 4.69) is 82.0 Å². The van der Waals surface area contributed by atoms with Crippen molar-refractivity contribution in [3.8, 4) is 0 Å². The maximum atomic E-state index is 12.1. The Kier molecular flexibility index (Phi) is 8.75. The van der Waals surface area contributed by atoms with Crippen molar-refractivity contribution in [1.29, 1.82) is 0 Å². The average molecular weight is 449 g/mol. The van der Waals surface area contributed by atoms with Crippen LogP contribution in [0.3, 0.4) is 0 Å². The summed E-state index contributed by atoms with van der Waals surface area (Å²) < 4.78 is 1.07. The Hall–Kier alpha value is -1.42. The molecule has 2 aromatic rings. The van der Waals surface area contributed by atoms with E-state index < -0.39 is 0 Å². The molecule has 2 nitrogen and oxygen atoms in total. The lowest BCUT2D eigenvalue weighted by Gasteiger charge is -2.37. The maximum Gasteiger partial charge on any atom is 0.157 e. The quantitative estimate of drug-likeness (QED) is 0.483. The van der Waals surface area contributed by atoms with Crippen molar-refractivity contribution in [1.82, 2.24) is 4.90 Å². The number of carbonyl (C=O) groups is 1. The van der Waals surface area contributed by atoms with Crippen LogP contribution in [0.15, 0.2) is 71.7 Å². The molecule has 0 saturated carbocycles. The Morgan fingerprint density at radius 2 is 1.74 bits per heavy atom. The van der Waals surface area contributed by atoms with Crippen LogP contribution in [0.4, 0.5) is 0 Å². The zero-order valence-corrected chi connectivity index (χ0v) is 17.9. The third kappa shape index (κ3) is 6.31. The lowest BCUT2D eigenvalue weighted by Crippen LogP contribution is -2.38. The van der Waals surface area contributed by atoms with Crippen molar-refractivity contribution in [2.45, 2.75) is 31.7 Å². The second-order valence-corrected chi connectivity index (χ2v) is 8.03. The van der Waals surface area contributed by atoms with Gasteiger partial charge in [0.25, 0.3) is 0 Å². The number of likely N-dealkylation sites (tertiary alicyclic amines) is 1. The molecule has 0 spiro atoms. The summed E-state index contributed by atoms with van der Waals surface area (Å²) in [6.07, 6.45) is 5.49. The van der Waals surface area contributed by atoms with E-state index in [1.807, 2.05) is 0 Å². The number of halogens is 2. The van der Waals surface area contributed by atoms with E-state index in [-0.39, 0.29) is 24.2 Å². The molecular formula is C23H27BrClNO. The minimum Gasteiger partial charge on any atom is -0.296 e. The number of piperidine rings is 1. The van der Waals surface area contributed by atoms with Crippen LogP contribution in [-0.4, -0.2) is 23.8 Å². The van der Waals surface area contributed by atoms with Crippen LogP contribution >= 0.6 is 28.3 Å². The Labute approximate surface area is 177 Å². The number of benzene rings is 2. The fourth-order valence-electron chi connectivity index (χ4n) is 3.83. The molecule has 1 saturated heterocycles. The fraction of sp³-hybridized carbons (Fsp3) is 0.348. The lowest BCUT2D eigenvalue weighted by atomic mass is 9.88. The van der Waals surface area contributed by atoms with Crippen molar-refractivity contribution in [3.05, 3.63) is 82.9 Å². The number of allylic oxidation sites excluding steroid dienone is 1. The molecule has 144 valence electrons. The Morgan fingerprint density at radius 3 is 2.33 bits per heavy atom. The molecule has 1 aliphatic heterocycles. The summed E-state index contributed by atoms with van der Waals surface area (Å²) in [5, 5.41) is 0. The first-order valence-corrected chi connectivity index (χ1v) is 10.1. The molecule has 1 heterocycles. The highest BCUT2D eigenvalue weighted by molar-refractivity contribution is 9.10.